The molecule has 0 spiro atoms. The average molecular weight is 212 g/mol. The van der Waals surface area contributed by atoms with Gasteiger partial charge in [0.25, 0.3) is 0 Å². The van der Waals surface area contributed by atoms with Crippen LogP contribution in [0.25, 0.3) is 0 Å². The summed E-state index contributed by atoms with van der Waals surface area (Å²) < 4.78 is 0. The van der Waals surface area contributed by atoms with Gasteiger partial charge in [-0.25, -0.2) is 4.79 Å². The van der Waals surface area contributed by atoms with Crippen molar-refractivity contribution in [2.75, 3.05) is 13.1 Å². The SMILES string of the molecule is CC(=CCNCC(=O)NC1CC1)C(=O)O. The summed E-state index contributed by atoms with van der Waals surface area (Å²) in [6.07, 6.45) is 3.69. The van der Waals surface area contributed by atoms with E-state index < -0.39 is 5.97 Å². The zero-order chi connectivity index (χ0) is 11.3. The lowest BCUT2D eigenvalue weighted by atomic mass is 10.3. The summed E-state index contributed by atoms with van der Waals surface area (Å²) in [5.41, 5.74) is 0.283. The number of hydrogen-bond acceptors (Lipinski definition) is 3. The Bertz CT molecular complexity index is 282. The zero-order valence-electron chi connectivity index (χ0n) is 8.75. The van der Waals surface area contributed by atoms with E-state index in [0.29, 0.717) is 12.6 Å². The molecular formula is C10H16N2O3. The maximum absolute atomic E-state index is 11.2. The van der Waals surface area contributed by atoms with Crippen LogP contribution in [0, 0.1) is 0 Å². The molecule has 0 aromatic carbocycles. The summed E-state index contributed by atoms with van der Waals surface area (Å²) in [7, 11) is 0. The van der Waals surface area contributed by atoms with Gasteiger partial charge in [-0.15, -0.1) is 0 Å². The predicted molar refractivity (Wildman–Crippen MR) is 55.4 cm³/mol. The van der Waals surface area contributed by atoms with Crippen molar-refractivity contribution in [2.24, 2.45) is 0 Å². The minimum absolute atomic E-state index is 0.0288. The van der Waals surface area contributed by atoms with Gasteiger partial charge in [0.05, 0.1) is 6.54 Å². The Balaban J connectivity index is 2.07. The Morgan fingerprint density at radius 1 is 1.47 bits per heavy atom. The number of rotatable bonds is 6. The van der Waals surface area contributed by atoms with Gasteiger partial charge in [0.1, 0.15) is 0 Å². The normalized spacial score (nSPS) is 16.2. The van der Waals surface area contributed by atoms with Gasteiger partial charge in [-0.05, 0) is 19.8 Å². The molecule has 84 valence electrons. The first-order valence-corrected chi connectivity index (χ1v) is 4.99. The fourth-order valence-electron chi connectivity index (χ4n) is 1.00. The lowest BCUT2D eigenvalue weighted by Crippen LogP contribution is -2.35. The third-order valence-electron chi connectivity index (χ3n) is 2.12. The molecule has 0 bridgehead atoms. The Morgan fingerprint density at radius 3 is 2.67 bits per heavy atom. The summed E-state index contributed by atoms with van der Waals surface area (Å²) >= 11 is 0. The van der Waals surface area contributed by atoms with E-state index in [9.17, 15) is 9.59 Å². The Kier molecular flexibility index (Phi) is 4.30. The highest BCUT2D eigenvalue weighted by atomic mass is 16.4. The molecule has 1 amide bonds. The molecule has 0 radical (unpaired) electrons. The predicted octanol–water partition coefficient (Wildman–Crippen LogP) is -0.114. The number of carbonyl (C=O) groups is 2. The number of nitrogens with one attached hydrogen (secondary N) is 2. The average Bonchev–Trinajstić information content (AvgIpc) is 2.95. The number of carbonyl (C=O) groups excluding carboxylic acids is 1. The standard InChI is InChI=1S/C10H16N2O3/c1-7(10(14)15)4-5-11-6-9(13)12-8-2-3-8/h4,8,11H,2-3,5-6H2,1H3,(H,12,13)(H,14,15). The second-order valence-electron chi connectivity index (χ2n) is 3.66. The van der Waals surface area contributed by atoms with Gasteiger partial charge in [-0.1, -0.05) is 6.08 Å². The van der Waals surface area contributed by atoms with E-state index in [1.807, 2.05) is 0 Å². The molecule has 1 rings (SSSR count). The van der Waals surface area contributed by atoms with Gasteiger partial charge in [0, 0.05) is 18.2 Å². The van der Waals surface area contributed by atoms with E-state index in [4.69, 9.17) is 5.11 Å². The quantitative estimate of drug-likeness (QED) is 0.424. The van der Waals surface area contributed by atoms with Gasteiger partial charge in [-0.2, -0.15) is 0 Å². The van der Waals surface area contributed by atoms with Crippen LogP contribution in [0.4, 0.5) is 0 Å². The van der Waals surface area contributed by atoms with Crippen LogP contribution in [0.5, 0.6) is 0 Å². The first kappa shape index (κ1) is 11.7. The molecule has 5 heteroatoms. The molecule has 0 aliphatic heterocycles. The summed E-state index contributed by atoms with van der Waals surface area (Å²) in [4.78, 5) is 21.6. The van der Waals surface area contributed by atoms with E-state index in [-0.39, 0.29) is 18.0 Å². The molecule has 0 heterocycles. The van der Waals surface area contributed by atoms with E-state index in [1.165, 1.54) is 6.92 Å². The number of carboxylic acids is 1. The fraction of sp³-hybridized carbons (Fsp3) is 0.600. The molecule has 15 heavy (non-hydrogen) atoms. The van der Waals surface area contributed by atoms with Crippen molar-refractivity contribution in [3.8, 4) is 0 Å². The van der Waals surface area contributed by atoms with Gasteiger partial charge >= 0.3 is 5.97 Å². The molecule has 1 aliphatic carbocycles. The molecule has 1 fully saturated rings. The monoisotopic (exact) mass is 212 g/mol. The summed E-state index contributed by atoms with van der Waals surface area (Å²) in [5, 5.41) is 14.2. The van der Waals surface area contributed by atoms with Crippen LogP contribution in [-0.2, 0) is 9.59 Å². The highest BCUT2D eigenvalue weighted by Crippen LogP contribution is 2.18. The van der Waals surface area contributed by atoms with E-state index in [1.54, 1.807) is 6.08 Å². The summed E-state index contributed by atoms with van der Waals surface area (Å²) in [5.74, 6) is -0.960. The molecule has 0 saturated heterocycles. The summed E-state index contributed by atoms with van der Waals surface area (Å²) in [6, 6.07) is 0.371. The van der Waals surface area contributed by atoms with Gasteiger partial charge in [0.15, 0.2) is 0 Å². The molecule has 5 nitrogen and oxygen atoms in total. The Morgan fingerprint density at radius 2 is 2.13 bits per heavy atom. The number of carboxylic acid groups (broad SMARTS) is 1. The molecule has 0 aromatic heterocycles. The number of hydrogen-bond donors (Lipinski definition) is 3. The topological polar surface area (TPSA) is 78.4 Å². The van der Waals surface area contributed by atoms with Crippen molar-refractivity contribution in [3.63, 3.8) is 0 Å². The van der Waals surface area contributed by atoms with Crippen LogP contribution in [-0.4, -0.2) is 36.1 Å². The molecule has 0 unspecified atom stereocenters. The van der Waals surface area contributed by atoms with Crippen LogP contribution in [0.15, 0.2) is 11.6 Å². The van der Waals surface area contributed by atoms with Crippen LogP contribution >= 0.6 is 0 Å². The van der Waals surface area contributed by atoms with Crippen LogP contribution in [0.1, 0.15) is 19.8 Å². The number of amides is 1. The number of aliphatic carboxylic acids is 1. The van der Waals surface area contributed by atoms with Crippen molar-refractivity contribution in [1.82, 2.24) is 10.6 Å². The van der Waals surface area contributed by atoms with Gasteiger partial charge in [0.2, 0.25) is 5.91 Å². The summed E-state index contributed by atoms with van der Waals surface area (Å²) in [6.45, 7) is 2.16. The molecule has 1 aliphatic rings. The lowest BCUT2D eigenvalue weighted by Gasteiger charge is -2.03. The van der Waals surface area contributed by atoms with Crippen molar-refractivity contribution in [2.45, 2.75) is 25.8 Å². The largest absolute Gasteiger partial charge is 0.478 e. The second-order valence-corrected chi connectivity index (χ2v) is 3.66. The van der Waals surface area contributed by atoms with Crippen molar-refractivity contribution in [3.05, 3.63) is 11.6 Å². The van der Waals surface area contributed by atoms with Crippen LogP contribution < -0.4 is 10.6 Å². The fourth-order valence-corrected chi connectivity index (χ4v) is 1.00. The Labute approximate surface area is 88.5 Å². The van der Waals surface area contributed by atoms with Crippen molar-refractivity contribution >= 4 is 11.9 Å². The molecule has 0 aromatic rings. The molecular weight excluding hydrogens is 196 g/mol. The van der Waals surface area contributed by atoms with Crippen molar-refractivity contribution in [1.29, 1.82) is 0 Å². The maximum Gasteiger partial charge on any atom is 0.330 e. The maximum atomic E-state index is 11.2. The lowest BCUT2D eigenvalue weighted by molar-refractivity contribution is -0.132. The minimum Gasteiger partial charge on any atom is -0.478 e. The first-order chi connectivity index (χ1) is 7.09. The third-order valence-corrected chi connectivity index (χ3v) is 2.12. The van der Waals surface area contributed by atoms with E-state index in [0.717, 1.165) is 12.8 Å². The molecule has 0 atom stereocenters. The van der Waals surface area contributed by atoms with E-state index in [2.05, 4.69) is 10.6 Å². The minimum atomic E-state index is -0.931. The highest BCUT2D eigenvalue weighted by molar-refractivity contribution is 5.85. The third kappa shape index (κ3) is 5.17. The smallest absolute Gasteiger partial charge is 0.330 e. The van der Waals surface area contributed by atoms with Crippen LogP contribution in [0.3, 0.4) is 0 Å². The molecule has 1 saturated carbocycles. The van der Waals surface area contributed by atoms with Crippen LogP contribution in [0.2, 0.25) is 0 Å². The van der Waals surface area contributed by atoms with Gasteiger partial charge < -0.3 is 15.7 Å². The van der Waals surface area contributed by atoms with E-state index >= 15 is 0 Å². The zero-order valence-corrected chi connectivity index (χ0v) is 8.75. The first-order valence-electron chi connectivity index (χ1n) is 4.99. The molecule has 3 N–H and O–H groups in total. The van der Waals surface area contributed by atoms with Crippen molar-refractivity contribution < 1.29 is 14.7 Å². The second kappa shape index (κ2) is 5.50. The highest BCUT2D eigenvalue weighted by Gasteiger charge is 2.22. The Hall–Kier alpha value is -1.36. The van der Waals surface area contributed by atoms with Gasteiger partial charge in [-0.3, -0.25) is 4.79 Å².